The van der Waals surface area contributed by atoms with E-state index >= 15 is 0 Å². The zero-order valence-corrected chi connectivity index (χ0v) is 6.41. The first kappa shape index (κ1) is 16.2. The molecule has 0 aromatic carbocycles. The third kappa shape index (κ3) is 5.26. The van der Waals surface area contributed by atoms with Crippen molar-refractivity contribution in [2.24, 2.45) is 0 Å². The van der Waals surface area contributed by atoms with Crippen molar-refractivity contribution in [3.8, 4) is 0 Å². The molecule has 0 radical (unpaired) electrons. The van der Waals surface area contributed by atoms with Crippen LogP contribution in [0.15, 0.2) is 0 Å². The van der Waals surface area contributed by atoms with Gasteiger partial charge in [0.05, 0.1) is 13.2 Å². The number of hydrogen-bond donors (Lipinski definition) is 6. The fraction of sp³-hybridized carbons (Fsp3) is 1.00. The van der Waals surface area contributed by atoms with Crippen LogP contribution in [0.5, 0.6) is 0 Å². The van der Waals surface area contributed by atoms with Crippen molar-refractivity contribution < 1.29 is 30.6 Å². The second-order valence-corrected chi connectivity index (χ2v) is 2.48. The molecule has 76 valence electrons. The van der Waals surface area contributed by atoms with Gasteiger partial charge >= 0.3 is 29.6 Å². The normalized spacial score (nSPS) is 19.8. The molecule has 7 heteroatoms. The van der Waals surface area contributed by atoms with Crippen LogP contribution < -0.4 is 0 Å². The van der Waals surface area contributed by atoms with E-state index in [0.29, 0.717) is 0 Å². The van der Waals surface area contributed by atoms with Gasteiger partial charge in [0.2, 0.25) is 0 Å². The summed E-state index contributed by atoms with van der Waals surface area (Å²) in [6, 6.07) is 0. The molecule has 4 atom stereocenters. The van der Waals surface area contributed by atoms with Crippen molar-refractivity contribution in [1.29, 1.82) is 0 Å². The van der Waals surface area contributed by atoms with Gasteiger partial charge in [0.15, 0.2) is 0 Å². The first-order valence-corrected chi connectivity index (χ1v) is 3.48. The van der Waals surface area contributed by atoms with Gasteiger partial charge in [0.1, 0.15) is 24.4 Å². The summed E-state index contributed by atoms with van der Waals surface area (Å²) in [5.41, 5.74) is 0. The van der Waals surface area contributed by atoms with Crippen molar-refractivity contribution in [3.63, 3.8) is 0 Å². The molecule has 0 aromatic heterocycles. The minimum absolute atomic E-state index is 0. The van der Waals surface area contributed by atoms with Crippen LogP contribution in [0, 0.1) is 0 Å². The van der Waals surface area contributed by atoms with Crippen molar-refractivity contribution in [3.05, 3.63) is 0 Å². The molecule has 13 heavy (non-hydrogen) atoms. The predicted octanol–water partition coefficient (Wildman–Crippen LogP) is -4.23. The molecule has 0 saturated carbocycles. The van der Waals surface area contributed by atoms with E-state index < -0.39 is 37.6 Å². The average Bonchev–Trinajstić information content (AvgIpc) is 2.12. The first-order valence-electron chi connectivity index (χ1n) is 3.48. The van der Waals surface area contributed by atoms with E-state index in [4.69, 9.17) is 30.6 Å². The molecule has 0 aromatic rings. The second-order valence-electron chi connectivity index (χ2n) is 2.48. The van der Waals surface area contributed by atoms with Gasteiger partial charge in [0, 0.05) is 0 Å². The van der Waals surface area contributed by atoms with Crippen molar-refractivity contribution in [2.45, 2.75) is 24.4 Å². The molecule has 0 fully saturated rings. The van der Waals surface area contributed by atoms with Gasteiger partial charge in [-0.3, -0.25) is 0 Å². The van der Waals surface area contributed by atoms with Crippen LogP contribution >= 0.6 is 0 Å². The van der Waals surface area contributed by atoms with Crippen molar-refractivity contribution in [1.82, 2.24) is 0 Å². The Morgan fingerprint density at radius 3 is 1.08 bits per heavy atom. The van der Waals surface area contributed by atoms with E-state index in [2.05, 4.69) is 0 Å². The van der Waals surface area contributed by atoms with Gasteiger partial charge < -0.3 is 30.6 Å². The topological polar surface area (TPSA) is 121 Å². The summed E-state index contributed by atoms with van der Waals surface area (Å²) in [7, 11) is 0. The molecule has 0 aliphatic heterocycles. The molecular formula is C6H15NaO6. The van der Waals surface area contributed by atoms with Gasteiger partial charge in [-0.05, 0) is 0 Å². The fourth-order valence-corrected chi connectivity index (χ4v) is 0.671. The molecule has 0 aliphatic carbocycles. The molecule has 0 spiro atoms. The van der Waals surface area contributed by atoms with Crippen LogP contribution in [-0.4, -0.2) is 97.8 Å². The van der Waals surface area contributed by atoms with E-state index in [9.17, 15) is 0 Å². The second kappa shape index (κ2) is 8.10. The van der Waals surface area contributed by atoms with Crippen LogP contribution in [0.3, 0.4) is 0 Å². The average molecular weight is 206 g/mol. The molecule has 0 heterocycles. The van der Waals surface area contributed by atoms with Crippen LogP contribution in [0.2, 0.25) is 0 Å². The van der Waals surface area contributed by atoms with Crippen molar-refractivity contribution in [2.75, 3.05) is 13.2 Å². The summed E-state index contributed by atoms with van der Waals surface area (Å²) in [6.45, 7) is -1.45. The Labute approximate surface area is 97.7 Å². The van der Waals surface area contributed by atoms with Crippen LogP contribution in [0.4, 0.5) is 0 Å². The Morgan fingerprint density at radius 2 is 0.923 bits per heavy atom. The van der Waals surface area contributed by atoms with E-state index in [-0.39, 0.29) is 29.6 Å². The Balaban J connectivity index is 0. The summed E-state index contributed by atoms with van der Waals surface area (Å²) in [6.07, 6.45) is -6.39. The van der Waals surface area contributed by atoms with Crippen LogP contribution in [0.1, 0.15) is 0 Å². The van der Waals surface area contributed by atoms with E-state index in [1.54, 1.807) is 0 Å². The van der Waals surface area contributed by atoms with Crippen LogP contribution in [-0.2, 0) is 0 Å². The first-order chi connectivity index (χ1) is 5.54. The fourth-order valence-electron chi connectivity index (χ4n) is 0.671. The molecular weight excluding hydrogens is 191 g/mol. The van der Waals surface area contributed by atoms with E-state index in [0.717, 1.165) is 0 Å². The third-order valence-corrected chi connectivity index (χ3v) is 1.51. The zero-order chi connectivity index (χ0) is 9.72. The Hall–Kier alpha value is 0.760. The molecule has 0 amide bonds. The Kier molecular flexibility index (Phi) is 10.1. The predicted molar refractivity (Wildman–Crippen MR) is 45.3 cm³/mol. The molecule has 0 bridgehead atoms. The van der Waals surface area contributed by atoms with Gasteiger partial charge in [-0.1, -0.05) is 0 Å². The standard InChI is InChI=1S/C6H14O6.Na.H/c7-1-3(9)5(11)6(12)4(10)2-8;;/h3-12H,1-2H2;;/t3-,4+,5-,6-;;/m1../s1. The number of rotatable bonds is 5. The number of aliphatic hydroxyl groups is 6. The van der Waals surface area contributed by atoms with Crippen molar-refractivity contribution >= 4 is 29.6 Å². The Morgan fingerprint density at radius 1 is 0.692 bits per heavy atom. The number of aliphatic hydroxyl groups excluding tert-OH is 6. The van der Waals surface area contributed by atoms with Crippen LogP contribution in [0.25, 0.3) is 0 Å². The quantitative estimate of drug-likeness (QED) is 0.253. The van der Waals surface area contributed by atoms with Gasteiger partial charge in [-0.25, -0.2) is 0 Å². The zero-order valence-electron chi connectivity index (χ0n) is 6.41. The maximum absolute atomic E-state index is 8.96. The summed E-state index contributed by atoms with van der Waals surface area (Å²) in [5, 5.41) is 52.2. The summed E-state index contributed by atoms with van der Waals surface area (Å²) >= 11 is 0. The third-order valence-electron chi connectivity index (χ3n) is 1.51. The molecule has 6 nitrogen and oxygen atoms in total. The van der Waals surface area contributed by atoms with Gasteiger partial charge in [-0.2, -0.15) is 0 Å². The summed E-state index contributed by atoms with van der Waals surface area (Å²) in [4.78, 5) is 0. The summed E-state index contributed by atoms with van der Waals surface area (Å²) < 4.78 is 0. The minimum atomic E-state index is -1.67. The molecule has 6 N–H and O–H groups in total. The Bertz CT molecular complexity index is 110. The molecule has 0 rings (SSSR count). The molecule has 0 saturated heterocycles. The number of hydrogen-bond acceptors (Lipinski definition) is 6. The molecule has 0 aliphatic rings. The molecule has 0 unspecified atom stereocenters. The monoisotopic (exact) mass is 206 g/mol. The summed E-state index contributed by atoms with van der Waals surface area (Å²) in [5.74, 6) is 0. The van der Waals surface area contributed by atoms with E-state index in [1.807, 2.05) is 0 Å². The maximum atomic E-state index is 8.96. The SMILES string of the molecule is OC[C@@H](O)[C@@H](O)[C@H](O)[C@@H](O)CO.[NaH]. The van der Waals surface area contributed by atoms with Gasteiger partial charge in [-0.15, -0.1) is 0 Å². The van der Waals surface area contributed by atoms with E-state index in [1.165, 1.54) is 0 Å². The van der Waals surface area contributed by atoms with Gasteiger partial charge in [0.25, 0.3) is 0 Å².